The maximum absolute atomic E-state index is 4.41. The molecule has 0 bridgehead atoms. The van der Waals surface area contributed by atoms with Crippen LogP contribution < -0.4 is 5.32 Å². The molecule has 2 aromatic rings. The van der Waals surface area contributed by atoms with Crippen LogP contribution in [-0.2, 0) is 13.1 Å². The Morgan fingerprint density at radius 1 is 1.21 bits per heavy atom. The van der Waals surface area contributed by atoms with Crippen molar-refractivity contribution in [2.24, 2.45) is 0 Å². The largest absolute Gasteiger partial charge is 0.310 e. The van der Waals surface area contributed by atoms with Gasteiger partial charge in [0.1, 0.15) is 0 Å². The van der Waals surface area contributed by atoms with Crippen molar-refractivity contribution in [2.75, 3.05) is 0 Å². The summed E-state index contributed by atoms with van der Waals surface area (Å²) in [7, 11) is 0. The van der Waals surface area contributed by atoms with E-state index in [2.05, 4.69) is 54.7 Å². The topological polar surface area (TPSA) is 29.9 Å². The Labute approximate surface area is 115 Å². The van der Waals surface area contributed by atoms with Gasteiger partial charge < -0.3 is 5.32 Å². The van der Waals surface area contributed by atoms with Gasteiger partial charge in [-0.25, -0.2) is 0 Å². The van der Waals surface area contributed by atoms with Crippen LogP contribution in [0.3, 0.4) is 0 Å². The molecule has 0 fully saturated rings. The third kappa shape index (κ3) is 4.52. The van der Waals surface area contributed by atoms with Crippen LogP contribution in [0.5, 0.6) is 0 Å². The zero-order valence-corrected chi connectivity index (χ0v) is 11.8. The SMILES string of the molecule is CCCC(C)NCc1cnn(Cc2ccccc2)c1. The van der Waals surface area contributed by atoms with Crippen molar-refractivity contribution >= 4 is 0 Å². The molecule has 102 valence electrons. The number of hydrogen-bond donors (Lipinski definition) is 1. The maximum atomic E-state index is 4.41. The summed E-state index contributed by atoms with van der Waals surface area (Å²) < 4.78 is 2.00. The van der Waals surface area contributed by atoms with Gasteiger partial charge in [0.25, 0.3) is 0 Å². The lowest BCUT2D eigenvalue weighted by Crippen LogP contribution is -2.24. The van der Waals surface area contributed by atoms with Crippen LogP contribution in [0.25, 0.3) is 0 Å². The van der Waals surface area contributed by atoms with E-state index in [9.17, 15) is 0 Å². The molecular formula is C16H23N3. The lowest BCUT2D eigenvalue weighted by atomic mass is 10.2. The Kier molecular flexibility index (Phi) is 5.16. The van der Waals surface area contributed by atoms with Crippen LogP contribution in [0.15, 0.2) is 42.7 Å². The first-order valence-electron chi connectivity index (χ1n) is 7.06. The third-order valence-corrected chi connectivity index (χ3v) is 3.25. The van der Waals surface area contributed by atoms with Gasteiger partial charge in [0.05, 0.1) is 12.7 Å². The second-order valence-corrected chi connectivity index (χ2v) is 5.10. The van der Waals surface area contributed by atoms with E-state index >= 15 is 0 Å². The van der Waals surface area contributed by atoms with Crippen LogP contribution in [0.2, 0.25) is 0 Å². The molecule has 1 N–H and O–H groups in total. The smallest absolute Gasteiger partial charge is 0.0659 e. The second kappa shape index (κ2) is 7.10. The molecule has 1 unspecified atom stereocenters. The molecule has 3 heteroatoms. The van der Waals surface area contributed by atoms with E-state index in [-0.39, 0.29) is 0 Å². The Morgan fingerprint density at radius 2 is 2.00 bits per heavy atom. The molecule has 0 spiro atoms. The van der Waals surface area contributed by atoms with Gasteiger partial charge in [-0.1, -0.05) is 43.7 Å². The molecule has 2 rings (SSSR count). The summed E-state index contributed by atoms with van der Waals surface area (Å²) in [6.07, 6.45) is 6.52. The molecule has 1 atom stereocenters. The molecule has 1 aromatic heterocycles. The number of nitrogens with zero attached hydrogens (tertiary/aromatic N) is 2. The number of hydrogen-bond acceptors (Lipinski definition) is 2. The van der Waals surface area contributed by atoms with Gasteiger partial charge in [-0.15, -0.1) is 0 Å². The van der Waals surface area contributed by atoms with Crippen molar-refractivity contribution in [2.45, 2.75) is 45.8 Å². The normalized spacial score (nSPS) is 12.5. The second-order valence-electron chi connectivity index (χ2n) is 5.10. The zero-order valence-electron chi connectivity index (χ0n) is 11.8. The fraction of sp³-hybridized carbons (Fsp3) is 0.438. The van der Waals surface area contributed by atoms with Gasteiger partial charge in [0.2, 0.25) is 0 Å². The number of rotatable bonds is 7. The Balaban J connectivity index is 1.85. The van der Waals surface area contributed by atoms with Crippen LogP contribution in [0.4, 0.5) is 0 Å². The summed E-state index contributed by atoms with van der Waals surface area (Å²) in [5.74, 6) is 0. The predicted octanol–water partition coefficient (Wildman–Crippen LogP) is 3.21. The Hall–Kier alpha value is -1.61. The molecule has 0 aliphatic heterocycles. The predicted molar refractivity (Wildman–Crippen MR) is 79.0 cm³/mol. The zero-order chi connectivity index (χ0) is 13.5. The first kappa shape index (κ1) is 13.8. The summed E-state index contributed by atoms with van der Waals surface area (Å²) in [4.78, 5) is 0. The highest BCUT2D eigenvalue weighted by Gasteiger charge is 2.02. The molecule has 0 saturated carbocycles. The van der Waals surface area contributed by atoms with E-state index in [1.807, 2.05) is 16.9 Å². The van der Waals surface area contributed by atoms with Gasteiger partial charge in [-0.2, -0.15) is 5.10 Å². The molecule has 1 heterocycles. The van der Waals surface area contributed by atoms with E-state index in [0.717, 1.165) is 13.1 Å². The quantitative estimate of drug-likeness (QED) is 0.825. The third-order valence-electron chi connectivity index (χ3n) is 3.25. The fourth-order valence-electron chi connectivity index (χ4n) is 2.18. The van der Waals surface area contributed by atoms with Gasteiger partial charge in [0, 0.05) is 24.3 Å². The van der Waals surface area contributed by atoms with E-state index in [1.54, 1.807) is 0 Å². The minimum absolute atomic E-state index is 0.572. The molecule has 19 heavy (non-hydrogen) atoms. The molecule has 0 amide bonds. The van der Waals surface area contributed by atoms with E-state index < -0.39 is 0 Å². The van der Waals surface area contributed by atoms with Crippen molar-refractivity contribution in [1.29, 1.82) is 0 Å². The fourth-order valence-corrected chi connectivity index (χ4v) is 2.18. The molecular weight excluding hydrogens is 234 g/mol. The average molecular weight is 257 g/mol. The van der Waals surface area contributed by atoms with Crippen molar-refractivity contribution in [3.05, 3.63) is 53.9 Å². The van der Waals surface area contributed by atoms with Crippen molar-refractivity contribution in [3.63, 3.8) is 0 Å². The van der Waals surface area contributed by atoms with Gasteiger partial charge in [-0.05, 0) is 18.9 Å². The highest BCUT2D eigenvalue weighted by molar-refractivity contribution is 5.15. The van der Waals surface area contributed by atoms with Gasteiger partial charge >= 0.3 is 0 Å². The average Bonchev–Trinajstić information content (AvgIpc) is 2.86. The highest BCUT2D eigenvalue weighted by atomic mass is 15.3. The van der Waals surface area contributed by atoms with E-state index in [1.165, 1.54) is 24.0 Å². The minimum atomic E-state index is 0.572. The lowest BCUT2D eigenvalue weighted by Gasteiger charge is -2.11. The monoisotopic (exact) mass is 257 g/mol. The van der Waals surface area contributed by atoms with Gasteiger partial charge in [-0.3, -0.25) is 4.68 Å². The van der Waals surface area contributed by atoms with Crippen LogP contribution in [0, 0.1) is 0 Å². The summed E-state index contributed by atoms with van der Waals surface area (Å²) in [6.45, 7) is 6.19. The van der Waals surface area contributed by atoms with Crippen LogP contribution in [0.1, 0.15) is 37.8 Å². The van der Waals surface area contributed by atoms with Crippen LogP contribution in [-0.4, -0.2) is 15.8 Å². The Morgan fingerprint density at radius 3 is 2.74 bits per heavy atom. The van der Waals surface area contributed by atoms with E-state index in [4.69, 9.17) is 0 Å². The standard InChI is InChI=1S/C16H23N3/c1-3-7-14(2)17-10-16-11-18-19(13-16)12-15-8-5-4-6-9-15/h4-6,8-9,11,13-14,17H,3,7,10,12H2,1-2H3. The first-order valence-corrected chi connectivity index (χ1v) is 7.06. The summed E-state index contributed by atoms with van der Waals surface area (Å²) >= 11 is 0. The molecule has 0 aliphatic rings. The molecule has 0 saturated heterocycles. The number of benzene rings is 1. The van der Waals surface area contributed by atoms with Crippen molar-refractivity contribution < 1.29 is 0 Å². The molecule has 1 aromatic carbocycles. The number of nitrogens with one attached hydrogen (secondary N) is 1. The maximum Gasteiger partial charge on any atom is 0.0659 e. The molecule has 0 radical (unpaired) electrons. The van der Waals surface area contributed by atoms with E-state index in [0.29, 0.717) is 6.04 Å². The summed E-state index contributed by atoms with van der Waals surface area (Å²) in [5, 5.41) is 7.94. The minimum Gasteiger partial charge on any atom is -0.310 e. The Bertz CT molecular complexity index is 476. The summed E-state index contributed by atoms with van der Waals surface area (Å²) in [6, 6.07) is 11.0. The number of aromatic nitrogens is 2. The van der Waals surface area contributed by atoms with Crippen LogP contribution >= 0.6 is 0 Å². The molecule has 0 aliphatic carbocycles. The summed E-state index contributed by atoms with van der Waals surface area (Å²) in [5.41, 5.74) is 2.53. The molecule has 3 nitrogen and oxygen atoms in total. The van der Waals surface area contributed by atoms with Gasteiger partial charge in [0.15, 0.2) is 0 Å². The van der Waals surface area contributed by atoms with Crippen molar-refractivity contribution in [1.82, 2.24) is 15.1 Å². The van der Waals surface area contributed by atoms with Crippen molar-refractivity contribution in [3.8, 4) is 0 Å². The first-order chi connectivity index (χ1) is 9.28. The highest BCUT2D eigenvalue weighted by Crippen LogP contribution is 2.04. The lowest BCUT2D eigenvalue weighted by molar-refractivity contribution is 0.508.